The molecular weight excluding hydrogens is 182 g/mol. The molecule has 0 atom stereocenters. The van der Waals surface area contributed by atoms with Crippen molar-refractivity contribution in [2.45, 2.75) is 44.6 Å². The summed E-state index contributed by atoms with van der Waals surface area (Å²) in [7, 11) is 0. The average Bonchev–Trinajstić information content (AvgIpc) is 2.72. The summed E-state index contributed by atoms with van der Waals surface area (Å²) in [5.41, 5.74) is 2.54. The summed E-state index contributed by atoms with van der Waals surface area (Å²) in [6, 6.07) is 0. The third-order valence-electron chi connectivity index (χ3n) is 2.23. The Hall–Kier alpha value is -0.410. The summed E-state index contributed by atoms with van der Waals surface area (Å²) in [5, 5.41) is 9.69. The van der Waals surface area contributed by atoms with Gasteiger partial charge in [-0.25, -0.2) is 4.98 Å². The lowest BCUT2D eigenvalue weighted by Gasteiger charge is -2.16. The minimum Gasteiger partial charge on any atom is -0.390 e. The van der Waals surface area contributed by atoms with Gasteiger partial charge in [0, 0.05) is 17.2 Å². The van der Waals surface area contributed by atoms with E-state index in [2.05, 4.69) is 4.98 Å². The van der Waals surface area contributed by atoms with E-state index in [9.17, 15) is 5.11 Å². The van der Waals surface area contributed by atoms with Crippen molar-refractivity contribution in [2.24, 2.45) is 0 Å². The number of aromatic nitrogens is 1. The van der Waals surface area contributed by atoms with Crippen molar-refractivity contribution in [3.05, 3.63) is 16.1 Å². The lowest BCUT2D eigenvalue weighted by atomic mass is 10.0. The summed E-state index contributed by atoms with van der Waals surface area (Å²) in [6.07, 6.45) is 3.30. The first-order valence-electron chi connectivity index (χ1n) is 4.71. The maximum absolute atomic E-state index is 9.69. The summed E-state index contributed by atoms with van der Waals surface area (Å²) >= 11 is 1.67. The zero-order valence-electron chi connectivity index (χ0n) is 8.08. The number of nitrogens with zero attached hydrogens (tertiary/aromatic N) is 1. The van der Waals surface area contributed by atoms with E-state index in [4.69, 9.17) is 0 Å². The molecule has 1 aliphatic carbocycles. The number of hydrogen-bond donors (Lipinski definition) is 1. The molecule has 1 aromatic rings. The van der Waals surface area contributed by atoms with Crippen molar-refractivity contribution in [1.82, 2.24) is 4.98 Å². The van der Waals surface area contributed by atoms with Crippen LogP contribution in [0.1, 0.15) is 43.2 Å². The average molecular weight is 197 g/mol. The van der Waals surface area contributed by atoms with Crippen molar-refractivity contribution in [2.75, 3.05) is 0 Å². The second-order valence-corrected chi connectivity index (χ2v) is 5.36. The SMILES string of the molecule is CC(C)(O)Cc1scnc1C1CC1. The lowest BCUT2D eigenvalue weighted by molar-refractivity contribution is 0.0816. The van der Waals surface area contributed by atoms with Gasteiger partial charge in [0.05, 0.1) is 16.8 Å². The molecule has 1 aliphatic rings. The van der Waals surface area contributed by atoms with E-state index in [0.717, 1.165) is 6.42 Å². The zero-order chi connectivity index (χ0) is 9.47. The second-order valence-electron chi connectivity index (χ2n) is 4.42. The lowest BCUT2D eigenvalue weighted by Crippen LogP contribution is -2.21. The van der Waals surface area contributed by atoms with Crippen LogP contribution in [0, 0.1) is 0 Å². The summed E-state index contributed by atoms with van der Waals surface area (Å²) in [5.74, 6) is 0.698. The van der Waals surface area contributed by atoms with Crippen molar-refractivity contribution in [3.63, 3.8) is 0 Å². The summed E-state index contributed by atoms with van der Waals surface area (Å²) < 4.78 is 0. The normalized spacial score (nSPS) is 17.8. The van der Waals surface area contributed by atoms with Gasteiger partial charge >= 0.3 is 0 Å². The van der Waals surface area contributed by atoms with Crippen LogP contribution in [0.3, 0.4) is 0 Å². The molecule has 1 aromatic heterocycles. The van der Waals surface area contributed by atoms with Crippen LogP contribution in [0.2, 0.25) is 0 Å². The van der Waals surface area contributed by atoms with Crippen LogP contribution in [0.25, 0.3) is 0 Å². The number of hydrogen-bond acceptors (Lipinski definition) is 3. The monoisotopic (exact) mass is 197 g/mol. The van der Waals surface area contributed by atoms with Gasteiger partial charge < -0.3 is 5.11 Å². The quantitative estimate of drug-likeness (QED) is 0.806. The largest absolute Gasteiger partial charge is 0.390 e. The predicted octanol–water partition coefficient (Wildman–Crippen LogP) is 2.33. The third-order valence-corrected chi connectivity index (χ3v) is 3.08. The molecular formula is C10H15NOS. The van der Waals surface area contributed by atoms with E-state index in [1.165, 1.54) is 23.4 Å². The number of aliphatic hydroxyl groups is 1. The topological polar surface area (TPSA) is 33.1 Å². The first-order chi connectivity index (χ1) is 6.06. The Kier molecular flexibility index (Phi) is 2.16. The maximum atomic E-state index is 9.69. The van der Waals surface area contributed by atoms with Crippen molar-refractivity contribution in [3.8, 4) is 0 Å². The fraction of sp³-hybridized carbons (Fsp3) is 0.700. The van der Waals surface area contributed by atoms with Gasteiger partial charge in [0.1, 0.15) is 0 Å². The van der Waals surface area contributed by atoms with Gasteiger partial charge in [-0.05, 0) is 26.7 Å². The van der Waals surface area contributed by atoms with Gasteiger partial charge in [-0.3, -0.25) is 0 Å². The molecule has 0 unspecified atom stereocenters. The van der Waals surface area contributed by atoms with E-state index < -0.39 is 5.60 Å². The Morgan fingerprint density at radius 3 is 2.85 bits per heavy atom. The molecule has 0 amide bonds. The molecule has 1 N–H and O–H groups in total. The highest BCUT2D eigenvalue weighted by molar-refractivity contribution is 7.09. The van der Waals surface area contributed by atoms with Crippen LogP contribution in [0.4, 0.5) is 0 Å². The third kappa shape index (κ3) is 2.29. The molecule has 13 heavy (non-hydrogen) atoms. The molecule has 2 rings (SSSR count). The van der Waals surface area contributed by atoms with Crippen LogP contribution in [-0.4, -0.2) is 15.7 Å². The fourth-order valence-electron chi connectivity index (χ4n) is 1.49. The molecule has 1 fully saturated rings. The molecule has 0 aliphatic heterocycles. The first kappa shape index (κ1) is 9.16. The van der Waals surface area contributed by atoms with Gasteiger partial charge in [-0.15, -0.1) is 11.3 Å². The van der Waals surface area contributed by atoms with E-state index in [1.807, 2.05) is 19.4 Å². The Balaban J connectivity index is 2.15. The molecule has 0 radical (unpaired) electrons. The van der Waals surface area contributed by atoms with Crippen molar-refractivity contribution in [1.29, 1.82) is 0 Å². The smallest absolute Gasteiger partial charge is 0.0797 e. The van der Waals surface area contributed by atoms with E-state index in [-0.39, 0.29) is 0 Å². The minimum absolute atomic E-state index is 0.601. The van der Waals surface area contributed by atoms with Gasteiger partial charge in [0.25, 0.3) is 0 Å². The Bertz CT molecular complexity index is 296. The molecule has 0 aromatic carbocycles. The highest BCUT2D eigenvalue weighted by Gasteiger charge is 2.29. The van der Waals surface area contributed by atoms with Gasteiger partial charge in [0.2, 0.25) is 0 Å². The van der Waals surface area contributed by atoms with E-state index in [1.54, 1.807) is 11.3 Å². The van der Waals surface area contributed by atoms with Crippen LogP contribution in [0.15, 0.2) is 5.51 Å². The molecule has 72 valence electrons. The Morgan fingerprint density at radius 2 is 2.31 bits per heavy atom. The van der Waals surface area contributed by atoms with Crippen molar-refractivity contribution >= 4 is 11.3 Å². The van der Waals surface area contributed by atoms with Crippen LogP contribution in [0.5, 0.6) is 0 Å². The molecule has 1 heterocycles. The highest BCUT2D eigenvalue weighted by Crippen LogP contribution is 2.42. The summed E-state index contributed by atoms with van der Waals surface area (Å²) in [6.45, 7) is 3.70. The van der Waals surface area contributed by atoms with Gasteiger partial charge in [-0.1, -0.05) is 0 Å². The molecule has 3 heteroatoms. The maximum Gasteiger partial charge on any atom is 0.0797 e. The van der Waals surface area contributed by atoms with Gasteiger partial charge in [-0.2, -0.15) is 0 Å². The Labute approximate surface area is 82.6 Å². The standard InChI is InChI=1S/C10H15NOS/c1-10(2,12)5-8-9(7-3-4-7)11-6-13-8/h6-7,12H,3-5H2,1-2H3. The number of rotatable bonds is 3. The molecule has 2 nitrogen and oxygen atoms in total. The van der Waals surface area contributed by atoms with Crippen LogP contribution >= 0.6 is 11.3 Å². The predicted molar refractivity (Wildman–Crippen MR) is 54.1 cm³/mol. The van der Waals surface area contributed by atoms with Crippen LogP contribution < -0.4 is 0 Å². The van der Waals surface area contributed by atoms with E-state index >= 15 is 0 Å². The second kappa shape index (κ2) is 3.07. The number of thiazole rings is 1. The highest BCUT2D eigenvalue weighted by atomic mass is 32.1. The molecule has 0 saturated heterocycles. The minimum atomic E-state index is -0.601. The van der Waals surface area contributed by atoms with E-state index in [0.29, 0.717) is 5.92 Å². The Morgan fingerprint density at radius 1 is 1.62 bits per heavy atom. The molecule has 0 spiro atoms. The van der Waals surface area contributed by atoms with Crippen molar-refractivity contribution < 1.29 is 5.11 Å². The fourth-order valence-corrected chi connectivity index (χ4v) is 2.56. The van der Waals surface area contributed by atoms with Crippen LogP contribution in [-0.2, 0) is 6.42 Å². The molecule has 1 saturated carbocycles. The van der Waals surface area contributed by atoms with Gasteiger partial charge in [0.15, 0.2) is 0 Å². The molecule has 0 bridgehead atoms. The first-order valence-corrected chi connectivity index (χ1v) is 5.59. The summed E-state index contributed by atoms with van der Waals surface area (Å²) in [4.78, 5) is 5.64. The zero-order valence-corrected chi connectivity index (χ0v) is 8.90.